The SMILES string of the molecule is CN1CCCCC1C(F)(F)CO. The summed E-state index contributed by atoms with van der Waals surface area (Å²) in [5, 5.41) is 8.49. The van der Waals surface area contributed by atoms with Gasteiger partial charge in [-0.3, -0.25) is 4.90 Å². The van der Waals surface area contributed by atoms with Crippen LogP contribution in [0.4, 0.5) is 8.78 Å². The molecule has 0 amide bonds. The lowest BCUT2D eigenvalue weighted by molar-refractivity contribution is -0.118. The van der Waals surface area contributed by atoms with Crippen LogP contribution in [0.1, 0.15) is 19.3 Å². The molecule has 0 aromatic rings. The summed E-state index contributed by atoms with van der Waals surface area (Å²) < 4.78 is 26.0. The molecular formula is C8H15F2NO. The van der Waals surface area contributed by atoms with Crippen LogP contribution in [0.2, 0.25) is 0 Å². The Morgan fingerprint density at radius 3 is 2.67 bits per heavy atom. The standard InChI is InChI=1S/C8H15F2NO/c1-11-5-3-2-4-7(11)8(9,10)6-12/h7,12H,2-6H2,1H3. The molecule has 0 saturated carbocycles. The number of nitrogens with zero attached hydrogens (tertiary/aromatic N) is 1. The minimum atomic E-state index is -2.94. The Balaban J connectivity index is 2.58. The van der Waals surface area contributed by atoms with Crippen molar-refractivity contribution in [2.75, 3.05) is 20.2 Å². The molecule has 0 spiro atoms. The Labute approximate surface area is 71.2 Å². The Hall–Kier alpha value is -0.220. The lowest BCUT2D eigenvalue weighted by Crippen LogP contribution is -2.50. The van der Waals surface area contributed by atoms with E-state index in [0.717, 1.165) is 12.8 Å². The first kappa shape index (κ1) is 9.86. The number of rotatable bonds is 2. The molecule has 0 aromatic carbocycles. The molecule has 1 aliphatic heterocycles. The van der Waals surface area contributed by atoms with Crippen molar-refractivity contribution >= 4 is 0 Å². The van der Waals surface area contributed by atoms with Crippen LogP contribution in [0.25, 0.3) is 0 Å². The van der Waals surface area contributed by atoms with Crippen molar-refractivity contribution in [1.29, 1.82) is 0 Å². The molecule has 1 N–H and O–H groups in total. The second kappa shape index (κ2) is 3.66. The van der Waals surface area contributed by atoms with Crippen molar-refractivity contribution in [1.82, 2.24) is 4.90 Å². The molecule has 0 aliphatic carbocycles. The molecule has 1 fully saturated rings. The molecule has 2 nitrogen and oxygen atoms in total. The van der Waals surface area contributed by atoms with Gasteiger partial charge in [0.05, 0.1) is 6.04 Å². The van der Waals surface area contributed by atoms with E-state index in [2.05, 4.69) is 0 Å². The molecule has 72 valence electrons. The van der Waals surface area contributed by atoms with Crippen molar-refractivity contribution in [3.8, 4) is 0 Å². The van der Waals surface area contributed by atoms with Crippen molar-refractivity contribution in [2.24, 2.45) is 0 Å². The number of alkyl halides is 2. The van der Waals surface area contributed by atoms with E-state index < -0.39 is 18.6 Å². The smallest absolute Gasteiger partial charge is 0.285 e. The predicted octanol–water partition coefficient (Wildman–Crippen LogP) is 1.10. The number of aliphatic hydroxyl groups excluding tert-OH is 1. The fourth-order valence-corrected chi connectivity index (χ4v) is 1.71. The molecule has 1 rings (SSSR count). The van der Waals surface area contributed by atoms with Crippen LogP contribution < -0.4 is 0 Å². The van der Waals surface area contributed by atoms with E-state index in [1.165, 1.54) is 0 Å². The Morgan fingerprint density at radius 1 is 1.50 bits per heavy atom. The summed E-state index contributed by atoms with van der Waals surface area (Å²) in [4.78, 5) is 1.64. The highest BCUT2D eigenvalue weighted by molar-refractivity contribution is 4.86. The highest BCUT2D eigenvalue weighted by Crippen LogP contribution is 2.28. The first-order valence-corrected chi connectivity index (χ1v) is 4.27. The number of piperidine rings is 1. The van der Waals surface area contributed by atoms with Crippen molar-refractivity contribution in [2.45, 2.75) is 31.2 Å². The third-order valence-electron chi connectivity index (χ3n) is 2.47. The molecule has 0 bridgehead atoms. The van der Waals surface area contributed by atoms with Gasteiger partial charge in [0, 0.05) is 0 Å². The second-order valence-corrected chi connectivity index (χ2v) is 3.41. The number of likely N-dealkylation sites (tertiary alicyclic amines) is 1. The molecule has 12 heavy (non-hydrogen) atoms. The zero-order chi connectivity index (χ0) is 9.19. The summed E-state index contributed by atoms with van der Waals surface area (Å²) >= 11 is 0. The van der Waals surface area contributed by atoms with Gasteiger partial charge in [0.15, 0.2) is 0 Å². The van der Waals surface area contributed by atoms with E-state index in [1.54, 1.807) is 11.9 Å². The van der Waals surface area contributed by atoms with Gasteiger partial charge in [-0.05, 0) is 26.4 Å². The number of aliphatic hydroxyl groups is 1. The zero-order valence-corrected chi connectivity index (χ0v) is 7.26. The molecule has 1 aliphatic rings. The monoisotopic (exact) mass is 179 g/mol. The molecule has 1 atom stereocenters. The van der Waals surface area contributed by atoms with Crippen molar-refractivity contribution in [3.05, 3.63) is 0 Å². The van der Waals surface area contributed by atoms with Crippen LogP contribution in [0.5, 0.6) is 0 Å². The van der Waals surface area contributed by atoms with Crippen LogP contribution in [0.3, 0.4) is 0 Å². The van der Waals surface area contributed by atoms with E-state index in [4.69, 9.17) is 5.11 Å². The maximum Gasteiger partial charge on any atom is 0.285 e. The third kappa shape index (κ3) is 1.93. The first-order chi connectivity index (χ1) is 5.58. The van der Waals surface area contributed by atoms with Crippen molar-refractivity contribution < 1.29 is 13.9 Å². The van der Waals surface area contributed by atoms with E-state index in [0.29, 0.717) is 13.0 Å². The van der Waals surface area contributed by atoms with Crippen molar-refractivity contribution in [3.63, 3.8) is 0 Å². The highest BCUT2D eigenvalue weighted by atomic mass is 19.3. The molecule has 4 heteroatoms. The van der Waals surface area contributed by atoms with Gasteiger partial charge in [-0.1, -0.05) is 6.42 Å². The van der Waals surface area contributed by atoms with Crippen LogP contribution >= 0.6 is 0 Å². The molecular weight excluding hydrogens is 164 g/mol. The molecule has 1 unspecified atom stereocenters. The fraction of sp³-hybridized carbons (Fsp3) is 1.00. The van der Waals surface area contributed by atoms with Gasteiger partial charge in [0.25, 0.3) is 5.92 Å². The summed E-state index contributed by atoms with van der Waals surface area (Å²) in [6.45, 7) is -0.331. The topological polar surface area (TPSA) is 23.5 Å². The lowest BCUT2D eigenvalue weighted by atomic mass is 9.98. The number of halogens is 2. The van der Waals surface area contributed by atoms with Gasteiger partial charge in [-0.25, -0.2) is 8.78 Å². The maximum absolute atomic E-state index is 13.0. The van der Waals surface area contributed by atoms with E-state index in [9.17, 15) is 8.78 Å². The third-order valence-corrected chi connectivity index (χ3v) is 2.47. The maximum atomic E-state index is 13.0. The summed E-state index contributed by atoms with van der Waals surface area (Å²) in [5.74, 6) is -2.94. The van der Waals surface area contributed by atoms with Gasteiger partial charge in [-0.15, -0.1) is 0 Å². The van der Waals surface area contributed by atoms with Crippen LogP contribution in [-0.4, -0.2) is 42.2 Å². The minimum absolute atomic E-state index is 0.490. The van der Waals surface area contributed by atoms with Gasteiger partial charge >= 0.3 is 0 Å². The van der Waals surface area contributed by atoms with Crippen LogP contribution in [-0.2, 0) is 0 Å². The van der Waals surface area contributed by atoms with E-state index in [-0.39, 0.29) is 0 Å². The molecule has 1 saturated heterocycles. The highest BCUT2D eigenvalue weighted by Gasteiger charge is 2.41. The van der Waals surface area contributed by atoms with E-state index in [1.807, 2.05) is 0 Å². The minimum Gasteiger partial charge on any atom is -0.390 e. The van der Waals surface area contributed by atoms with Gasteiger partial charge in [0.2, 0.25) is 0 Å². The Morgan fingerprint density at radius 2 is 2.17 bits per heavy atom. The predicted molar refractivity (Wildman–Crippen MR) is 42.3 cm³/mol. The summed E-state index contributed by atoms with van der Waals surface area (Å²) in [7, 11) is 1.69. The molecule has 1 heterocycles. The average Bonchev–Trinajstić information content (AvgIpc) is 2.05. The fourth-order valence-electron chi connectivity index (χ4n) is 1.71. The first-order valence-electron chi connectivity index (χ1n) is 4.27. The zero-order valence-electron chi connectivity index (χ0n) is 7.26. The summed E-state index contributed by atoms with van der Waals surface area (Å²) in [6, 6.07) is -0.767. The average molecular weight is 179 g/mol. The largest absolute Gasteiger partial charge is 0.390 e. The van der Waals surface area contributed by atoms with Gasteiger partial charge in [0.1, 0.15) is 6.61 Å². The van der Waals surface area contributed by atoms with Gasteiger partial charge in [-0.2, -0.15) is 0 Å². The normalized spacial score (nSPS) is 27.5. The summed E-state index contributed by atoms with van der Waals surface area (Å²) in [6.07, 6.45) is 2.31. The number of hydrogen-bond acceptors (Lipinski definition) is 2. The van der Waals surface area contributed by atoms with Gasteiger partial charge < -0.3 is 5.11 Å². The van der Waals surface area contributed by atoms with Crippen LogP contribution in [0.15, 0.2) is 0 Å². The molecule has 0 aromatic heterocycles. The lowest BCUT2D eigenvalue weighted by Gasteiger charge is -2.36. The van der Waals surface area contributed by atoms with Crippen LogP contribution in [0, 0.1) is 0 Å². The summed E-state index contributed by atoms with van der Waals surface area (Å²) in [5.41, 5.74) is 0. The second-order valence-electron chi connectivity index (χ2n) is 3.41. The Kier molecular flexibility index (Phi) is 3.01. The Bertz CT molecular complexity index is 152. The number of hydrogen-bond donors (Lipinski definition) is 1. The quantitative estimate of drug-likeness (QED) is 0.686. The molecule has 0 radical (unpaired) electrons. The van der Waals surface area contributed by atoms with E-state index >= 15 is 0 Å².